The Bertz CT molecular complexity index is 231. The van der Waals surface area contributed by atoms with E-state index in [4.69, 9.17) is 5.11 Å². The summed E-state index contributed by atoms with van der Waals surface area (Å²) >= 11 is 0. The highest BCUT2D eigenvalue weighted by Gasteiger charge is 2.24. The number of nitrogens with one attached hydrogen (secondary N) is 2. The SMILES string of the molecule is CCCNCC(=O)NC(C(=O)O)C(C)CC. The van der Waals surface area contributed by atoms with Gasteiger partial charge in [0.25, 0.3) is 0 Å². The monoisotopic (exact) mass is 230 g/mol. The van der Waals surface area contributed by atoms with Gasteiger partial charge in [-0.15, -0.1) is 0 Å². The zero-order chi connectivity index (χ0) is 12.6. The Labute approximate surface area is 96.6 Å². The molecular formula is C11H22N2O3. The third-order valence-corrected chi connectivity index (χ3v) is 2.51. The fraction of sp³-hybridized carbons (Fsp3) is 0.818. The number of hydrogen-bond acceptors (Lipinski definition) is 3. The number of carboxylic acid groups (broad SMARTS) is 1. The van der Waals surface area contributed by atoms with Crippen LogP contribution in [0.25, 0.3) is 0 Å². The smallest absolute Gasteiger partial charge is 0.326 e. The van der Waals surface area contributed by atoms with E-state index < -0.39 is 12.0 Å². The maximum Gasteiger partial charge on any atom is 0.326 e. The predicted octanol–water partition coefficient (Wildman–Crippen LogP) is 0.601. The fourth-order valence-electron chi connectivity index (χ4n) is 1.29. The summed E-state index contributed by atoms with van der Waals surface area (Å²) in [5.41, 5.74) is 0. The van der Waals surface area contributed by atoms with Gasteiger partial charge in [-0.25, -0.2) is 4.79 Å². The van der Waals surface area contributed by atoms with Crippen molar-refractivity contribution in [1.82, 2.24) is 10.6 Å². The molecule has 0 heterocycles. The van der Waals surface area contributed by atoms with E-state index in [-0.39, 0.29) is 18.4 Å². The van der Waals surface area contributed by atoms with Crippen molar-refractivity contribution in [1.29, 1.82) is 0 Å². The largest absolute Gasteiger partial charge is 0.480 e. The first kappa shape index (κ1) is 14.9. The molecule has 5 nitrogen and oxygen atoms in total. The standard InChI is InChI=1S/C11H22N2O3/c1-4-6-12-7-9(14)13-10(11(15)16)8(3)5-2/h8,10,12H,4-7H2,1-3H3,(H,13,14)(H,15,16). The van der Waals surface area contributed by atoms with Gasteiger partial charge in [0.2, 0.25) is 5.91 Å². The molecule has 0 aromatic rings. The maximum absolute atomic E-state index is 11.4. The average Bonchev–Trinajstić information content (AvgIpc) is 2.25. The van der Waals surface area contributed by atoms with E-state index in [0.29, 0.717) is 0 Å². The molecule has 0 fully saturated rings. The van der Waals surface area contributed by atoms with Crippen LogP contribution in [0, 0.1) is 5.92 Å². The molecule has 2 atom stereocenters. The lowest BCUT2D eigenvalue weighted by Gasteiger charge is -2.20. The van der Waals surface area contributed by atoms with Crippen LogP contribution in [0.2, 0.25) is 0 Å². The van der Waals surface area contributed by atoms with Gasteiger partial charge in [0, 0.05) is 0 Å². The van der Waals surface area contributed by atoms with E-state index in [1.807, 2.05) is 20.8 Å². The second-order valence-electron chi connectivity index (χ2n) is 3.95. The van der Waals surface area contributed by atoms with Crippen molar-refractivity contribution in [2.75, 3.05) is 13.1 Å². The summed E-state index contributed by atoms with van der Waals surface area (Å²) < 4.78 is 0. The van der Waals surface area contributed by atoms with Crippen molar-refractivity contribution in [3.8, 4) is 0 Å². The van der Waals surface area contributed by atoms with Crippen LogP contribution in [-0.4, -0.2) is 36.1 Å². The highest BCUT2D eigenvalue weighted by molar-refractivity contribution is 5.84. The molecule has 0 aromatic heterocycles. The van der Waals surface area contributed by atoms with Crippen molar-refractivity contribution < 1.29 is 14.7 Å². The van der Waals surface area contributed by atoms with Gasteiger partial charge >= 0.3 is 5.97 Å². The minimum absolute atomic E-state index is 0.0624. The predicted molar refractivity (Wildman–Crippen MR) is 62.2 cm³/mol. The first-order valence-electron chi connectivity index (χ1n) is 5.75. The van der Waals surface area contributed by atoms with Crippen LogP contribution in [0.4, 0.5) is 0 Å². The lowest BCUT2D eigenvalue weighted by atomic mass is 9.99. The highest BCUT2D eigenvalue weighted by Crippen LogP contribution is 2.07. The molecule has 5 heteroatoms. The molecule has 3 N–H and O–H groups in total. The Hall–Kier alpha value is -1.10. The highest BCUT2D eigenvalue weighted by atomic mass is 16.4. The molecule has 2 unspecified atom stereocenters. The molecule has 1 amide bonds. The molecule has 94 valence electrons. The van der Waals surface area contributed by atoms with E-state index in [9.17, 15) is 9.59 Å². The molecule has 0 spiro atoms. The second kappa shape index (κ2) is 8.10. The van der Waals surface area contributed by atoms with Crippen molar-refractivity contribution in [3.63, 3.8) is 0 Å². The van der Waals surface area contributed by atoms with Crippen LogP contribution >= 0.6 is 0 Å². The zero-order valence-electron chi connectivity index (χ0n) is 10.2. The van der Waals surface area contributed by atoms with Crippen molar-refractivity contribution in [2.24, 2.45) is 5.92 Å². The van der Waals surface area contributed by atoms with Crippen molar-refractivity contribution in [2.45, 2.75) is 39.7 Å². The molecule has 0 radical (unpaired) electrons. The summed E-state index contributed by atoms with van der Waals surface area (Å²) in [7, 11) is 0. The third kappa shape index (κ3) is 5.70. The second-order valence-corrected chi connectivity index (χ2v) is 3.95. The van der Waals surface area contributed by atoms with Gasteiger partial charge in [-0.1, -0.05) is 27.2 Å². The summed E-state index contributed by atoms with van der Waals surface area (Å²) in [5.74, 6) is -1.30. The number of carbonyl (C=O) groups is 2. The van der Waals surface area contributed by atoms with E-state index in [1.165, 1.54) is 0 Å². The zero-order valence-corrected chi connectivity index (χ0v) is 10.2. The molecule has 0 saturated carbocycles. The molecule has 0 aliphatic carbocycles. The van der Waals surface area contributed by atoms with Crippen molar-refractivity contribution in [3.05, 3.63) is 0 Å². The summed E-state index contributed by atoms with van der Waals surface area (Å²) in [6, 6.07) is -0.791. The van der Waals surface area contributed by atoms with Crippen LogP contribution in [-0.2, 0) is 9.59 Å². The Morgan fingerprint density at radius 2 is 1.94 bits per heavy atom. The van der Waals surface area contributed by atoms with E-state index in [0.717, 1.165) is 19.4 Å². The molecule has 16 heavy (non-hydrogen) atoms. The molecule has 0 bridgehead atoms. The minimum Gasteiger partial charge on any atom is -0.480 e. The van der Waals surface area contributed by atoms with E-state index in [1.54, 1.807) is 0 Å². The maximum atomic E-state index is 11.4. The molecule has 0 rings (SSSR count). The average molecular weight is 230 g/mol. The number of hydrogen-bond donors (Lipinski definition) is 3. The first-order valence-corrected chi connectivity index (χ1v) is 5.75. The fourth-order valence-corrected chi connectivity index (χ4v) is 1.29. The number of rotatable bonds is 8. The lowest BCUT2D eigenvalue weighted by Crippen LogP contribution is -2.47. The van der Waals surface area contributed by atoms with Gasteiger partial charge < -0.3 is 15.7 Å². The normalized spacial score (nSPS) is 14.2. The van der Waals surface area contributed by atoms with Gasteiger partial charge in [0.05, 0.1) is 6.54 Å². The van der Waals surface area contributed by atoms with Gasteiger partial charge in [-0.2, -0.15) is 0 Å². The van der Waals surface area contributed by atoms with Crippen LogP contribution in [0.3, 0.4) is 0 Å². The third-order valence-electron chi connectivity index (χ3n) is 2.51. The number of carbonyl (C=O) groups excluding carboxylic acids is 1. The van der Waals surface area contributed by atoms with E-state index in [2.05, 4.69) is 10.6 Å². The van der Waals surface area contributed by atoms with Crippen LogP contribution in [0.15, 0.2) is 0 Å². The summed E-state index contributed by atoms with van der Waals surface area (Å²) in [6.45, 7) is 6.66. The quantitative estimate of drug-likeness (QED) is 0.534. The van der Waals surface area contributed by atoms with Gasteiger partial charge in [-0.3, -0.25) is 4.79 Å². The van der Waals surface area contributed by atoms with Crippen LogP contribution in [0.5, 0.6) is 0 Å². The number of amides is 1. The molecule has 0 saturated heterocycles. The van der Waals surface area contributed by atoms with E-state index >= 15 is 0 Å². The topological polar surface area (TPSA) is 78.4 Å². The Balaban J connectivity index is 4.09. The molecule has 0 aliphatic heterocycles. The molecular weight excluding hydrogens is 208 g/mol. The van der Waals surface area contributed by atoms with Gasteiger partial charge in [-0.05, 0) is 18.9 Å². The van der Waals surface area contributed by atoms with Gasteiger partial charge in [0.15, 0.2) is 0 Å². The minimum atomic E-state index is -0.974. The molecule has 0 aromatic carbocycles. The Kier molecular flexibility index (Phi) is 7.54. The lowest BCUT2D eigenvalue weighted by molar-refractivity contribution is -0.143. The van der Waals surface area contributed by atoms with Crippen LogP contribution < -0.4 is 10.6 Å². The summed E-state index contributed by atoms with van der Waals surface area (Å²) in [4.78, 5) is 22.3. The Morgan fingerprint density at radius 3 is 2.38 bits per heavy atom. The van der Waals surface area contributed by atoms with Crippen LogP contribution in [0.1, 0.15) is 33.6 Å². The number of carboxylic acids is 1. The molecule has 0 aliphatic rings. The summed E-state index contributed by atoms with van der Waals surface area (Å²) in [6.07, 6.45) is 1.67. The van der Waals surface area contributed by atoms with Crippen molar-refractivity contribution >= 4 is 11.9 Å². The number of aliphatic carboxylic acids is 1. The van der Waals surface area contributed by atoms with Gasteiger partial charge in [0.1, 0.15) is 6.04 Å². The summed E-state index contributed by atoms with van der Waals surface area (Å²) in [5, 5.41) is 14.4. The first-order chi connectivity index (χ1) is 7.52. The Morgan fingerprint density at radius 1 is 1.31 bits per heavy atom.